The lowest BCUT2D eigenvalue weighted by Crippen LogP contribution is -1.84. The topological polar surface area (TPSA) is 0 Å². The van der Waals surface area contributed by atoms with E-state index in [1.165, 1.54) is 0 Å². The van der Waals surface area contributed by atoms with Crippen molar-refractivity contribution in [1.29, 1.82) is 0 Å². The van der Waals surface area contributed by atoms with Crippen LogP contribution >= 0.6 is 27.5 Å². The first-order valence-corrected chi connectivity index (χ1v) is 3.50. The van der Waals surface area contributed by atoms with Gasteiger partial charge >= 0.3 is 0 Å². The zero-order valence-electron chi connectivity index (χ0n) is 4.59. The van der Waals surface area contributed by atoms with Crippen molar-refractivity contribution in [1.82, 2.24) is 0 Å². The molecule has 1 radical (unpaired) electrons. The molecule has 0 saturated carbocycles. The van der Waals surface area contributed by atoms with Crippen LogP contribution in [0.15, 0.2) is 10.5 Å². The summed E-state index contributed by atoms with van der Waals surface area (Å²) in [6.07, 6.45) is 0. The fourth-order valence-electron chi connectivity index (χ4n) is 0.455. The Kier molecular flexibility index (Phi) is 2.26. The summed E-state index contributed by atoms with van der Waals surface area (Å²) in [4.78, 5) is 0. The van der Waals surface area contributed by atoms with Crippen molar-refractivity contribution in [2.45, 2.75) is 0 Å². The van der Waals surface area contributed by atoms with Gasteiger partial charge in [-0.2, -0.15) is 0 Å². The van der Waals surface area contributed by atoms with E-state index in [9.17, 15) is 8.78 Å². The van der Waals surface area contributed by atoms with Gasteiger partial charge in [0.1, 0.15) is 0 Å². The van der Waals surface area contributed by atoms with Crippen LogP contribution in [0, 0.1) is 17.7 Å². The molecule has 0 aliphatic carbocycles. The van der Waals surface area contributed by atoms with E-state index in [0.717, 1.165) is 6.07 Å². The highest BCUT2D eigenvalue weighted by Gasteiger charge is 2.08. The van der Waals surface area contributed by atoms with Crippen LogP contribution in [-0.2, 0) is 0 Å². The van der Waals surface area contributed by atoms with Crippen molar-refractivity contribution in [3.05, 3.63) is 33.3 Å². The maximum atomic E-state index is 12.4. The lowest BCUT2D eigenvalue weighted by atomic mass is 10.3. The second-order valence-electron chi connectivity index (χ2n) is 1.58. The Hall–Kier alpha value is -0.150. The molecule has 0 aromatic heterocycles. The molecule has 1 aromatic rings. The maximum absolute atomic E-state index is 12.4. The zero-order chi connectivity index (χ0) is 7.72. The molecule has 0 spiro atoms. The second kappa shape index (κ2) is 2.84. The van der Waals surface area contributed by atoms with Gasteiger partial charge in [0.2, 0.25) is 0 Å². The van der Waals surface area contributed by atoms with Gasteiger partial charge in [0.05, 0.1) is 5.02 Å². The molecule has 0 aliphatic rings. The normalized spacial score (nSPS) is 10.0. The van der Waals surface area contributed by atoms with Gasteiger partial charge in [0, 0.05) is 10.5 Å². The van der Waals surface area contributed by atoms with Crippen molar-refractivity contribution < 1.29 is 8.78 Å². The Morgan fingerprint density at radius 3 is 2.60 bits per heavy atom. The molecule has 1 aromatic carbocycles. The highest BCUT2D eigenvalue weighted by Crippen LogP contribution is 2.25. The lowest BCUT2D eigenvalue weighted by Gasteiger charge is -1.95. The first kappa shape index (κ1) is 7.95. The van der Waals surface area contributed by atoms with Gasteiger partial charge in [-0.3, -0.25) is 0 Å². The third kappa shape index (κ3) is 1.30. The standard InChI is InChI=1S/C6HBrClF2/c7-3-1-2-4(9)6(10)5(3)8/h2H. The van der Waals surface area contributed by atoms with Crippen LogP contribution in [-0.4, -0.2) is 0 Å². The van der Waals surface area contributed by atoms with Crippen LogP contribution in [0.2, 0.25) is 5.02 Å². The molecular weight excluding hydrogens is 225 g/mol. The van der Waals surface area contributed by atoms with Gasteiger partial charge in [0.25, 0.3) is 0 Å². The molecule has 0 bridgehead atoms. The lowest BCUT2D eigenvalue weighted by molar-refractivity contribution is 0.508. The summed E-state index contributed by atoms with van der Waals surface area (Å²) >= 11 is 8.18. The molecule has 4 heteroatoms. The van der Waals surface area contributed by atoms with Crippen molar-refractivity contribution >= 4 is 27.5 Å². The van der Waals surface area contributed by atoms with Gasteiger partial charge in [-0.15, -0.1) is 0 Å². The number of rotatable bonds is 0. The van der Waals surface area contributed by atoms with E-state index in [2.05, 4.69) is 22.0 Å². The third-order valence-corrected chi connectivity index (χ3v) is 2.13. The smallest absolute Gasteiger partial charge is 0.178 e. The minimum absolute atomic E-state index is 0.230. The first-order valence-electron chi connectivity index (χ1n) is 2.33. The van der Waals surface area contributed by atoms with Crippen LogP contribution in [0.5, 0.6) is 0 Å². The molecule has 0 atom stereocenters. The average Bonchev–Trinajstić information content (AvgIpc) is 1.93. The highest BCUT2D eigenvalue weighted by molar-refractivity contribution is 9.10. The van der Waals surface area contributed by atoms with Gasteiger partial charge in [-0.25, -0.2) is 8.78 Å². The number of hydrogen-bond donors (Lipinski definition) is 0. The first-order chi connectivity index (χ1) is 4.63. The zero-order valence-corrected chi connectivity index (χ0v) is 6.93. The van der Waals surface area contributed by atoms with E-state index in [0.29, 0.717) is 0 Å². The van der Waals surface area contributed by atoms with Crippen LogP contribution in [0.1, 0.15) is 0 Å². The molecular formula is C6HBrClF2. The van der Waals surface area contributed by atoms with Crippen LogP contribution in [0.25, 0.3) is 0 Å². The predicted molar refractivity (Wildman–Crippen MR) is 37.9 cm³/mol. The Bertz CT molecular complexity index is 235. The van der Waals surface area contributed by atoms with Crippen molar-refractivity contribution in [2.75, 3.05) is 0 Å². The molecule has 0 heterocycles. The van der Waals surface area contributed by atoms with Crippen molar-refractivity contribution in [3.63, 3.8) is 0 Å². The number of hydrogen-bond acceptors (Lipinski definition) is 0. The van der Waals surface area contributed by atoms with Crippen molar-refractivity contribution in [3.8, 4) is 0 Å². The molecule has 0 nitrogen and oxygen atoms in total. The summed E-state index contributed by atoms with van der Waals surface area (Å²) in [7, 11) is 0. The minimum atomic E-state index is -1.05. The highest BCUT2D eigenvalue weighted by atomic mass is 79.9. The summed E-state index contributed by atoms with van der Waals surface area (Å²) in [6, 6.07) is 3.26. The third-order valence-electron chi connectivity index (χ3n) is 0.921. The Balaban J connectivity index is 3.34. The molecule has 0 aliphatic heterocycles. The maximum Gasteiger partial charge on any atom is 0.178 e. The Morgan fingerprint density at radius 1 is 1.50 bits per heavy atom. The molecule has 0 unspecified atom stereocenters. The summed E-state index contributed by atoms with van der Waals surface area (Å²) in [5.41, 5.74) is 0. The second-order valence-corrected chi connectivity index (χ2v) is 2.75. The number of halogens is 4. The molecule has 0 N–H and O–H groups in total. The quantitative estimate of drug-likeness (QED) is 0.471. The molecule has 0 saturated heterocycles. The summed E-state index contributed by atoms with van der Waals surface area (Å²) in [6.45, 7) is 0. The van der Waals surface area contributed by atoms with Crippen LogP contribution in [0.3, 0.4) is 0 Å². The summed E-state index contributed by atoms with van der Waals surface area (Å²) < 4.78 is 24.9. The fourth-order valence-corrected chi connectivity index (χ4v) is 0.888. The fraction of sp³-hybridized carbons (Fsp3) is 0. The van der Waals surface area contributed by atoms with E-state index in [1.54, 1.807) is 0 Å². The molecule has 10 heavy (non-hydrogen) atoms. The molecule has 0 amide bonds. The molecule has 1 rings (SSSR count). The van der Waals surface area contributed by atoms with Gasteiger partial charge < -0.3 is 0 Å². The van der Waals surface area contributed by atoms with Gasteiger partial charge in [0.15, 0.2) is 11.6 Å². The summed E-state index contributed by atoms with van der Waals surface area (Å²) in [5.74, 6) is -2.04. The summed E-state index contributed by atoms with van der Waals surface area (Å²) in [5, 5.41) is -0.278. The van der Waals surface area contributed by atoms with E-state index < -0.39 is 11.6 Å². The van der Waals surface area contributed by atoms with E-state index >= 15 is 0 Å². The Morgan fingerprint density at radius 2 is 2.10 bits per heavy atom. The average molecular weight is 226 g/mol. The van der Waals surface area contributed by atoms with Crippen molar-refractivity contribution in [2.24, 2.45) is 0 Å². The van der Waals surface area contributed by atoms with E-state index in [-0.39, 0.29) is 9.50 Å². The van der Waals surface area contributed by atoms with Crippen LogP contribution in [0.4, 0.5) is 8.78 Å². The predicted octanol–water partition coefficient (Wildman–Crippen LogP) is 3.18. The molecule has 53 valence electrons. The molecule has 0 fully saturated rings. The van der Waals surface area contributed by atoms with Crippen LogP contribution < -0.4 is 0 Å². The van der Waals surface area contributed by atoms with E-state index in [4.69, 9.17) is 11.6 Å². The monoisotopic (exact) mass is 225 g/mol. The minimum Gasteiger partial charge on any atom is -0.204 e. The van der Waals surface area contributed by atoms with Gasteiger partial charge in [-0.05, 0) is 22.0 Å². The largest absolute Gasteiger partial charge is 0.204 e. The SMILES string of the molecule is Fc1c[c]c(Br)c(Cl)c1F. The van der Waals surface area contributed by atoms with E-state index in [1.807, 2.05) is 0 Å². The van der Waals surface area contributed by atoms with Gasteiger partial charge in [-0.1, -0.05) is 11.6 Å². The Labute approximate surface area is 69.9 Å². The number of benzene rings is 1.